The van der Waals surface area contributed by atoms with Crippen LogP contribution in [-0.2, 0) is 12.7 Å². The second kappa shape index (κ2) is 9.04. The van der Waals surface area contributed by atoms with E-state index in [1.807, 2.05) is 0 Å². The minimum Gasteiger partial charge on any atom is -0.488 e. The number of halogens is 3. The van der Waals surface area contributed by atoms with Crippen LogP contribution >= 0.6 is 0 Å². The Bertz CT molecular complexity index is 754. The summed E-state index contributed by atoms with van der Waals surface area (Å²) in [7, 11) is 1.63. The molecule has 8 heteroatoms. The van der Waals surface area contributed by atoms with Gasteiger partial charge in [-0.05, 0) is 70.2 Å². The van der Waals surface area contributed by atoms with Crippen LogP contribution in [0.4, 0.5) is 13.2 Å². The zero-order valence-corrected chi connectivity index (χ0v) is 18.3. The van der Waals surface area contributed by atoms with Crippen molar-refractivity contribution in [3.05, 3.63) is 29.3 Å². The molecule has 0 bridgehead atoms. The molecule has 5 nitrogen and oxygen atoms in total. The number of hydrogen-bond acceptors (Lipinski definition) is 3. The van der Waals surface area contributed by atoms with E-state index in [1.54, 1.807) is 33.9 Å². The van der Waals surface area contributed by atoms with Gasteiger partial charge in [-0.1, -0.05) is 6.07 Å². The van der Waals surface area contributed by atoms with E-state index in [1.165, 1.54) is 18.9 Å². The fraction of sp³-hybridized carbons (Fsp3) is 0.682. The summed E-state index contributed by atoms with van der Waals surface area (Å²) in [6, 6.07) is 4.90. The van der Waals surface area contributed by atoms with E-state index in [0.29, 0.717) is 11.9 Å². The highest BCUT2D eigenvalue weighted by molar-refractivity contribution is 5.79. The van der Waals surface area contributed by atoms with Gasteiger partial charge in [-0.2, -0.15) is 13.2 Å². The zero-order chi connectivity index (χ0) is 21.9. The molecule has 0 spiro atoms. The molecular weight excluding hydrogens is 393 g/mol. The number of alkyl halides is 3. The SMILES string of the molecule is CN=C(NCc1ccc(OC(C)(C)C)cc1C(F)(F)F)NCC1CCN(C2CC2)C1. The Kier molecular flexibility index (Phi) is 6.84. The monoisotopic (exact) mass is 426 g/mol. The Labute approximate surface area is 177 Å². The van der Waals surface area contributed by atoms with Crippen molar-refractivity contribution in [1.29, 1.82) is 0 Å². The van der Waals surface area contributed by atoms with Crippen LogP contribution in [0.5, 0.6) is 5.75 Å². The van der Waals surface area contributed by atoms with Crippen LogP contribution in [0.15, 0.2) is 23.2 Å². The van der Waals surface area contributed by atoms with Crippen LogP contribution in [0.1, 0.15) is 51.2 Å². The molecule has 1 aromatic rings. The predicted octanol–water partition coefficient (Wildman–Crippen LogP) is 4.03. The summed E-state index contributed by atoms with van der Waals surface area (Å²) in [4.78, 5) is 6.70. The molecule has 1 aliphatic heterocycles. The van der Waals surface area contributed by atoms with Gasteiger partial charge >= 0.3 is 6.18 Å². The minimum atomic E-state index is -4.46. The number of likely N-dealkylation sites (tertiary alicyclic amines) is 1. The van der Waals surface area contributed by atoms with Gasteiger partial charge < -0.3 is 20.3 Å². The molecule has 1 atom stereocenters. The summed E-state index contributed by atoms with van der Waals surface area (Å²) in [6.45, 7) is 8.44. The summed E-state index contributed by atoms with van der Waals surface area (Å²) >= 11 is 0. The summed E-state index contributed by atoms with van der Waals surface area (Å²) in [6.07, 6.45) is -0.690. The number of rotatable bonds is 6. The second-order valence-corrected chi connectivity index (χ2v) is 9.22. The molecule has 3 rings (SSSR count). The van der Waals surface area contributed by atoms with Crippen molar-refractivity contribution in [2.45, 2.75) is 64.4 Å². The molecule has 168 valence electrons. The number of aliphatic imine (C=N–C) groups is 1. The van der Waals surface area contributed by atoms with Gasteiger partial charge in [0.15, 0.2) is 5.96 Å². The van der Waals surface area contributed by atoms with Gasteiger partial charge in [-0.15, -0.1) is 0 Å². The van der Waals surface area contributed by atoms with E-state index >= 15 is 0 Å². The third-order valence-corrected chi connectivity index (χ3v) is 5.42. The fourth-order valence-corrected chi connectivity index (χ4v) is 3.83. The van der Waals surface area contributed by atoms with Crippen LogP contribution in [0.2, 0.25) is 0 Å². The molecule has 1 saturated carbocycles. The molecule has 1 aromatic carbocycles. The van der Waals surface area contributed by atoms with Crippen LogP contribution in [0.25, 0.3) is 0 Å². The number of nitrogens with one attached hydrogen (secondary N) is 2. The standard InChI is InChI=1S/C22H33F3N4O/c1-21(2,3)30-18-8-5-16(19(11-18)22(23,24)25)13-28-20(26-4)27-12-15-9-10-29(14-15)17-6-7-17/h5,8,11,15,17H,6-7,9-10,12-14H2,1-4H3,(H2,26,27,28). The molecule has 1 aliphatic carbocycles. The summed E-state index contributed by atoms with van der Waals surface area (Å²) < 4.78 is 46.4. The third-order valence-electron chi connectivity index (χ3n) is 5.42. The maximum Gasteiger partial charge on any atom is 0.416 e. The highest BCUT2D eigenvalue weighted by atomic mass is 19.4. The Morgan fingerprint density at radius 3 is 2.50 bits per heavy atom. The number of guanidine groups is 1. The van der Waals surface area contributed by atoms with Gasteiger partial charge in [0.05, 0.1) is 5.56 Å². The van der Waals surface area contributed by atoms with Crippen LogP contribution in [0.3, 0.4) is 0 Å². The van der Waals surface area contributed by atoms with Gasteiger partial charge in [-0.3, -0.25) is 4.99 Å². The van der Waals surface area contributed by atoms with Crippen LogP contribution < -0.4 is 15.4 Å². The van der Waals surface area contributed by atoms with E-state index in [2.05, 4.69) is 20.5 Å². The van der Waals surface area contributed by atoms with Crippen molar-refractivity contribution >= 4 is 5.96 Å². The lowest BCUT2D eigenvalue weighted by Gasteiger charge is -2.23. The predicted molar refractivity (Wildman–Crippen MR) is 113 cm³/mol. The van der Waals surface area contributed by atoms with E-state index in [4.69, 9.17) is 4.74 Å². The highest BCUT2D eigenvalue weighted by Crippen LogP contribution is 2.35. The van der Waals surface area contributed by atoms with Crippen molar-refractivity contribution in [1.82, 2.24) is 15.5 Å². The molecule has 0 amide bonds. The first-order valence-electron chi connectivity index (χ1n) is 10.6. The number of ether oxygens (including phenoxy) is 1. The Morgan fingerprint density at radius 1 is 1.17 bits per heavy atom. The van der Waals surface area contributed by atoms with Gasteiger partial charge in [-0.25, -0.2) is 0 Å². The number of benzene rings is 1. The van der Waals surface area contributed by atoms with Gasteiger partial charge in [0.25, 0.3) is 0 Å². The van der Waals surface area contributed by atoms with Crippen molar-refractivity contribution in [2.24, 2.45) is 10.9 Å². The maximum atomic E-state index is 13.6. The fourth-order valence-electron chi connectivity index (χ4n) is 3.83. The first-order valence-corrected chi connectivity index (χ1v) is 10.6. The van der Waals surface area contributed by atoms with E-state index in [9.17, 15) is 13.2 Å². The quantitative estimate of drug-likeness (QED) is 0.533. The first-order chi connectivity index (χ1) is 14.0. The minimum absolute atomic E-state index is 0.0309. The summed E-state index contributed by atoms with van der Waals surface area (Å²) in [5.41, 5.74) is -1.10. The van der Waals surface area contributed by atoms with E-state index < -0.39 is 17.3 Å². The molecule has 0 aromatic heterocycles. The van der Waals surface area contributed by atoms with E-state index in [-0.39, 0.29) is 17.9 Å². The van der Waals surface area contributed by atoms with Crippen molar-refractivity contribution in [2.75, 3.05) is 26.7 Å². The molecule has 2 N–H and O–H groups in total. The van der Waals surface area contributed by atoms with Crippen LogP contribution in [0, 0.1) is 5.92 Å². The normalized spacial score (nSPS) is 21.0. The van der Waals surface area contributed by atoms with Crippen LogP contribution in [-0.4, -0.2) is 49.2 Å². The second-order valence-electron chi connectivity index (χ2n) is 9.22. The molecule has 1 unspecified atom stereocenters. The molecule has 1 heterocycles. The third kappa shape index (κ3) is 6.52. The Hall–Kier alpha value is -1.96. The smallest absolute Gasteiger partial charge is 0.416 e. The molecular formula is C22H33F3N4O. The van der Waals surface area contributed by atoms with Gasteiger partial charge in [0, 0.05) is 32.7 Å². The number of hydrogen-bond donors (Lipinski definition) is 2. The molecule has 1 saturated heterocycles. The van der Waals surface area contributed by atoms with Gasteiger partial charge in [0.1, 0.15) is 11.4 Å². The molecule has 2 aliphatic rings. The first kappa shape index (κ1) is 22.7. The largest absolute Gasteiger partial charge is 0.488 e. The van der Waals surface area contributed by atoms with Gasteiger partial charge in [0.2, 0.25) is 0 Å². The van der Waals surface area contributed by atoms with Crippen molar-refractivity contribution in [3.63, 3.8) is 0 Å². The lowest BCUT2D eigenvalue weighted by molar-refractivity contribution is -0.138. The Balaban J connectivity index is 1.57. The van der Waals surface area contributed by atoms with E-state index in [0.717, 1.165) is 38.2 Å². The van der Waals surface area contributed by atoms with Crippen molar-refractivity contribution < 1.29 is 17.9 Å². The summed E-state index contributed by atoms with van der Waals surface area (Å²) in [5, 5.41) is 6.29. The van der Waals surface area contributed by atoms with Crippen molar-refractivity contribution in [3.8, 4) is 5.75 Å². The molecule has 30 heavy (non-hydrogen) atoms. The highest BCUT2D eigenvalue weighted by Gasteiger charge is 2.35. The maximum absolute atomic E-state index is 13.6. The molecule has 0 radical (unpaired) electrons. The lowest BCUT2D eigenvalue weighted by atomic mass is 10.1. The average molecular weight is 427 g/mol. The summed E-state index contributed by atoms with van der Waals surface area (Å²) in [5.74, 6) is 1.27. The number of nitrogens with zero attached hydrogens (tertiary/aromatic N) is 2. The zero-order valence-electron chi connectivity index (χ0n) is 18.3. The lowest BCUT2D eigenvalue weighted by Crippen LogP contribution is -2.40. The molecule has 2 fully saturated rings. The topological polar surface area (TPSA) is 48.9 Å². The average Bonchev–Trinajstić information content (AvgIpc) is 3.39. The Morgan fingerprint density at radius 2 is 1.90 bits per heavy atom.